The first-order valence-corrected chi connectivity index (χ1v) is 11.9. The molecule has 0 saturated carbocycles. The average molecular weight is 465 g/mol. The summed E-state index contributed by atoms with van der Waals surface area (Å²) in [5.41, 5.74) is 1.39. The van der Waals surface area contributed by atoms with E-state index < -0.39 is 23.3 Å². The van der Waals surface area contributed by atoms with Gasteiger partial charge in [0.25, 0.3) is 5.92 Å². The summed E-state index contributed by atoms with van der Waals surface area (Å²) in [7, 11) is -1.18. The Morgan fingerprint density at radius 3 is 2.62 bits per heavy atom. The Kier molecular flexibility index (Phi) is 5.87. The molecule has 0 aliphatic carbocycles. The van der Waals surface area contributed by atoms with Crippen LogP contribution in [-0.2, 0) is 17.3 Å². The Morgan fingerprint density at radius 1 is 1.22 bits per heavy atom. The minimum atomic E-state index is -2.79. The van der Waals surface area contributed by atoms with E-state index in [9.17, 15) is 13.0 Å². The Balaban J connectivity index is 1.77. The highest BCUT2D eigenvalue weighted by atomic mass is 32.2. The second-order valence-electron chi connectivity index (χ2n) is 9.19. The fourth-order valence-electron chi connectivity index (χ4n) is 3.49. The van der Waals surface area contributed by atoms with Crippen molar-refractivity contribution in [1.29, 1.82) is 0 Å². The minimum Gasteiger partial charge on any atom is -0.463 e. The fourth-order valence-corrected chi connectivity index (χ4v) is 4.26. The SMILES string of the molecule is CS(=O)c1ccccc1Cn1nnc2c(N3CCC(F)(F)C3)nc(OCC(C)(C)C)nc21. The average Bonchev–Trinajstić information content (AvgIpc) is 3.28. The molecule has 0 radical (unpaired) electrons. The number of rotatable bonds is 6. The van der Waals surface area contributed by atoms with E-state index in [0.717, 1.165) is 5.56 Å². The lowest BCUT2D eigenvalue weighted by Gasteiger charge is -2.20. The summed E-state index contributed by atoms with van der Waals surface area (Å²) in [6.07, 6.45) is 1.37. The zero-order chi connectivity index (χ0) is 23.1. The number of hydrogen-bond donors (Lipinski definition) is 0. The van der Waals surface area contributed by atoms with Gasteiger partial charge in [-0.3, -0.25) is 4.21 Å². The molecule has 8 nitrogen and oxygen atoms in total. The predicted molar refractivity (Wildman–Crippen MR) is 118 cm³/mol. The minimum absolute atomic E-state index is 0.0912. The maximum atomic E-state index is 13.9. The van der Waals surface area contributed by atoms with Gasteiger partial charge in [-0.2, -0.15) is 9.97 Å². The normalized spacial score (nSPS) is 17.1. The molecule has 1 saturated heterocycles. The Hall–Kier alpha value is -2.69. The maximum Gasteiger partial charge on any atom is 0.320 e. The first kappa shape index (κ1) is 22.5. The van der Waals surface area contributed by atoms with Crippen molar-refractivity contribution < 1.29 is 17.7 Å². The highest BCUT2D eigenvalue weighted by Gasteiger charge is 2.40. The van der Waals surface area contributed by atoms with Gasteiger partial charge >= 0.3 is 6.01 Å². The molecule has 0 spiro atoms. The van der Waals surface area contributed by atoms with Gasteiger partial charge < -0.3 is 9.64 Å². The smallest absolute Gasteiger partial charge is 0.320 e. The van der Waals surface area contributed by atoms with Gasteiger partial charge in [-0.15, -0.1) is 5.10 Å². The second kappa shape index (κ2) is 8.34. The molecule has 1 aromatic carbocycles. The molecule has 11 heteroatoms. The van der Waals surface area contributed by atoms with Gasteiger partial charge in [0, 0.05) is 24.1 Å². The molecule has 0 bridgehead atoms. The summed E-state index contributed by atoms with van der Waals surface area (Å²) in [5.74, 6) is -2.50. The molecule has 1 fully saturated rings. The molecule has 0 N–H and O–H groups in total. The summed E-state index contributed by atoms with van der Waals surface area (Å²) in [6, 6.07) is 7.44. The van der Waals surface area contributed by atoms with Crippen molar-refractivity contribution in [2.75, 3.05) is 30.9 Å². The van der Waals surface area contributed by atoms with Gasteiger partial charge in [-0.1, -0.05) is 44.2 Å². The maximum absolute atomic E-state index is 13.9. The number of halogens is 2. The van der Waals surface area contributed by atoms with Crippen molar-refractivity contribution in [3.05, 3.63) is 29.8 Å². The van der Waals surface area contributed by atoms with Gasteiger partial charge in [0.1, 0.15) is 0 Å². The van der Waals surface area contributed by atoms with E-state index in [4.69, 9.17) is 4.74 Å². The first-order chi connectivity index (χ1) is 15.0. The van der Waals surface area contributed by atoms with Crippen molar-refractivity contribution in [3.63, 3.8) is 0 Å². The van der Waals surface area contributed by atoms with E-state index in [1.54, 1.807) is 17.0 Å². The van der Waals surface area contributed by atoms with Crippen LogP contribution in [0.5, 0.6) is 6.01 Å². The molecule has 1 atom stereocenters. The van der Waals surface area contributed by atoms with E-state index in [0.29, 0.717) is 22.7 Å². The van der Waals surface area contributed by atoms with Crippen LogP contribution in [0.3, 0.4) is 0 Å². The number of ether oxygens (including phenoxy) is 1. The van der Waals surface area contributed by atoms with Crippen molar-refractivity contribution >= 4 is 27.8 Å². The molecule has 1 aliphatic heterocycles. The molecule has 2 aromatic heterocycles. The van der Waals surface area contributed by atoms with Gasteiger partial charge in [-0.05, 0) is 17.0 Å². The Bertz CT molecular complexity index is 1160. The summed E-state index contributed by atoms with van der Waals surface area (Å²) < 4.78 is 47.3. The van der Waals surface area contributed by atoms with Crippen molar-refractivity contribution in [3.8, 4) is 6.01 Å². The van der Waals surface area contributed by atoms with E-state index in [2.05, 4.69) is 20.3 Å². The quantitative estimate of drug-likeness (QED) is 0.553. The first-order valence-electron chi connectivity index (χ1n) is 10.3. The summed E-state index contributed by atoms with van der Waals surface area (Å²) in [6.45, 7) is 6.39. The monoisotopic (exact) mass is 464 g/mol. The largest absolute Gasteiger partial charge is 0.463 e. The van der Waals surface area contributed by atoms with Gasteiger partial charge in [0.05, 0.1) is 30.5 Å². The number of anilines is 1. The molecule has 1 unspecified atom stereocenters. The number of nitrogens with zero attached hydrogens (tertiary/aromatic N) is 6. The lowest BCUT2D eigenvalue weighted by Crippen LogP contribution is -2.26. The van der Waals surface area contributed by atoms with Crippen molar-refractivity contribution in [2.24, 2.45) is 5.41 Å². The highest BCUT2D eigenvalue weighted by molar-refractivity contribution is 7.84. The van der Waals surface area contributed by atoms with Crippen LogP contribution in [0.4, 0.5) is 14.6 Å². The molecule has 172 valence electrons. The van der Waals surface area contributed by atoms with Crippen LogP contribution in [0.2, 0.25) is 0 Å². The third-order valence-electron chi connectivity index (χ3n) is 5.03. The van der Waals surface area contributed by atoms with E-state index in [1.807, 2.05) is 39.0 Å². The summed E-state index contributed by atoms with van der Waals surface area (Å²) in [4.78, 5) is 11.1. The van der Waals surface area contributed by atoms with Crippen LogP contribution in [0.15, 0.2) is 29.2 Å². The number of alkyl halides is 2. The fraction of sp³-hybridized carbons (Fsp3) is 0.524. The molecule has 1 aliphatic rings. The molecule has 3 heterocycles. The zero-order valence-electron chi connectivity index (χ0n) is 18.5. The van der Waals surface area contributed by atoms with Crippen molar-refractivity contribution in [2.45, 2.75) is 44.6 Å². The third-order valence-corrected chi connectivity index (χ3v) is 6.05. The molecule has 0 amide bonds. The Labute approximate surface area is 187 Å². The third kappa shape index (κ3) is 4.87. The van der Waals surface area contributed by atoms with Crippen LogP contribution in [0.25, 0.3) is 11.2 Å². The van der Waals surface area contributed by atoms with E-state index in [1.165, 1.54) is 4.90 Å². The number of hydrogen-bond acceptors (Lipinski definition) is 7. The van der Waals surface area contributed by atoms with Gasteiger partial charge in [-0.25, -0.2) is 13.5 Å². The number of aromatic nitrogens is 5. The van der Waals surface area contributed by atoms with Crippen LogP contribution >= 0.6 is 0 Å². The zero-order valence-corrected chi connectivity index (χ0v) is 19.3. The second-order valence-corrected chi connectivity index (χ2v) is 10.5. The lowest BCUT2D eigenvalue weighted by atomic mass is 9.99. The topological polar surface area (TPSA) is 86.0 Å². The number of fused-ring (bicyclic) bond motifs is 1. The molecule has 32 heavy (non-hydrogen) atoms. The predicted octanol–water partition coefficient (Wildman–Crippen LogP) is 3.28. The molecular formula is C21H26F2N6O2S. The van der Waals surface area contributed by atoms with Crippen LogP contribution < -0.4 is 9.64 Å². The van der Waals surface area contributed by atoms with Crippen LogP contribution in [0.1, 0.15) is 32.8 Å². The van der Waals surface area contributed by atoms with Crippen molar-refractivity contribution in [1.82, 2.24) is 25.0 Å². The summed E-state index contributed by atoms with van der Waals surface area (Å²) >= 11 is 0. The number of benzene rings is 1. The molecular weight excluding hydrogens is 438 g/mol. The van der Waals surface area contributed by atoms with E-state index >= 15 is 0 Å². The van der Waals surface area contributed by atoms with Gasteiger partial charge in [0.2, 0.25) is 0 Å². The van der Waals surface area contributed by atoms with Crippen LogP contribution in [-0.4, -0.2) is 61.0 Å². The lowest BCUT2D eigenvalue weighted by molar-refractivity contribution is 0.0256. The molecule has 3 aromatic rings. The highest BCUT2D eigenvalue weighted by Crippen LogP contribution is 2.34. The van der Waals surface area contributed by atoms with Gasteiger partial charge in [0.15, 0.2) is 17.0 Å². The Morgan fingerprint density at radius 2 is 1.97 bits per heavy atom. The standard InChI is InChI=1S/C21H26F2N6O2S/c1-20(2,3)13-31-19-24-17(28-10-9-21(22,23)12-28)16-18(25-19)29(27-26-16)11-14-7-5-6-8-15(14)32(4)30/h5-8H,9-13H2,1-4H3. The summed E-state index contributed by atoms with van der Waals surface area (Å²) in [5, 5.41) is 8.41. The van der Waals surface area contributed by atoms with E-state index in [-0.39, 0.29) is 36.8 Å². The van der Waals surface area contributed by atoms with Crippen LogP contribution in [0, 0.1) is 5.41 Å². The molecule has 4 rings (SSSR count).